The summed E-state index contributed by atoms with van der Waals surface area (Å²) in [5.41, 5.74) is -0.655. The largest absolute Gasteiger partial charge is 0.416 e. The molecular formula is C35H20ClF9N4S2. The fourth-order valence-corrected chi connectivity index (χ4v) is 7.10. The summed E-state index contributed by atoms with van der Waals surface area (Å²) in [4.78, 5) is 20.1. The Morgan fingerprint density at radius 2 is 0.941 bits per heavy atom. The van der Waals surface area contributed by atoms with Gasteiger partial charge >= 0.3 is 18.5 Å². The van der Waals surface area contributed by atoms with Crippen LogP contribution in [0.5, 0.6) is 0 Å². The van der Waals surface area contributed by atoms with E-state index in [4.69, 9.17) is 11.6 Å². The Morgan fingerprint density at radius 3 is 1.41 bits per heavy atom. The Labute approximate surface area is 296 Å². The fraction of sp³-hybridized carbons (Fsp3) is 0.143. The summed E-state index contributed by atoms with van der Waals surface area (Å²) in [5.74, 6) is 0.144. The van der Waals surface area contributed by atoms with Gasteiger partial charge in [0.2, 0.25) is 5.28 Å². The van der Waals surface area contributed by atoms with Crippen molar-refractivity contribution in [2.45, 2.75) is 32.4 Å². The Kier molecular flexibility index (Phi) is 9.59. The van der Waals surface area contributed by atoms with Crippen LogP contribution in [0.1, 0.15) is 26.4 Å². The number of hydrogen-bond donors (Lipinski definition) is 0. The average Bonchev–Trinajstić information content (AvgIpc) is 3.63. The number of thiophene rings is 2. The highest BCUT2D eigenvalue weighted by molar-refractivity contribution is 7.19. The topological polar surface area (TPSA) is 51.6 Å². The quantitative estimate of drug-likeness (QED) is 0.133. The van der Waals surface area contributed by atoms with Crippen molar-refractivity contribution in [2.24, 2.45) is 0 Å². The van der Waals surface area contributed by atoms with Crippen molar-refractivity contribution in [3.05, 3.63) is 117 Å². The zero-order chi connectivity index (χ0) is 36.9. The monoisotopic (exact) mass is 766 g/mol. The molecule has 16 heteroatoms. The van der Waals surface area contributed by atoms with Gasteiger partial charge in [0.05, 0.1) is 28.1 Å². The summed E-state index contributed by atoms with van der Waals surface area (Å²) in [6, 6.07) is 17.8. The molecule has 0 atom stereocenters. The summed E-state index contributed by atoms with van der Waals surface area (Å²) in [6.07, 6.45) is -13.4. The van der Waals surface area contributed by atoms with Crippen molar-refractivity contribution in [1.29, 1.82) is 0 Å². The molecule has 0 saturated carbocycles. The van der Waals surface area contributed by atoms with Gasteiger partial charge in [0.25, 0.3) is 0 Å². The molecule has 7 rings (SSSR count). The van der Waals surface area contributed by atoms with E-state index in [1.165, 1.54) is 53.0 Å². The lowest BCUT2D eigenvalue weighted by Gasteiger charge is -2.11. The maximum Gasteiger partial charge on any atom is 0.416 e. The molecule has 0 N–H and O–H groups in total. The number of aryl methyl sites for hydroxylation is 2. The van der Waals surface area contributed by atoms with Crippen LogP contribution in [0.25, 0.3) is 54.3 Å². The highest BCUT2D eigenvalue weighted by atomic mass is 35.5. The molecule has 4 heterocycles. The van der Waals surface area contributed by atoms with Gasteiger partial charge < -0.3 is 0 Å². The second kappa shape index (κ2) is 13.5. The van der Waals surface area contributed by atoms with Gasteiger partial charge in [-0.15, -0.1) is 22.7 Å². The van der Waals surface area contributed by atoms with E-state index in [1.54, 1.807) is 12.1 Å². The van der Waals surface area contributed by atoms with Crippen molar-refractivity contribution in [3.8, 4) is 33.9 Å². The van der Waals surface area contributed by atoms with Crippen LogP contribution in [0.2, 0.25) is 5.28 Å². The predicted molar refractivity (Wildman–Crippen MR) is 181 cm³/mol. The van der Waals surface area contributed by atoms with Gasteiger partial charge in [-0.25, -0.2) is 19.9 Å². The highest BCUT2D eigenvalue weighted by Crippen LogP contribution is 2.39. The molecule has 51 heavy (non-hydrogen) atoms. The molecule has 0 amide bonds. The Morgan fingerprint density at radius 1 is 0.490 bits per heavy atom. The normalized spacial score (nSPS) is 12.3. The first-order valence-corrected chi connectivity index (χ1v) is 16.6. The van der Waals surface area contributed by atoms with E-state index in [0.29, 0.717) is 42.9 Å². The fourth-order valence-electron chi connectivity index (χ4n) is 5.12. The lowest BCUT2D eigenvalue weighted by molar-refractivity contribution is -0.138. The Hall–Kier alpha value is -4.60. The molecule has 0 bridgehead atoms. The third-order valence-electron chi connectivity index (χ3n) is 7.40. The van der Waals surface area contributed by atoms with Crippen LogP contribution >= 0.6 is 34.3 Å². The van der Waals surface area contributed by atoms with Gasteiger partial charge in [-0.05, 0) is 74.0 Å². The number of benzene rings is 3. The number of fused-ring (bicyclic) bond motifs is 2. The van der Waals surface area contributed by atoms with Crippen LogP contribution in [0.3, 0.4) is 0 Å². The molecule has 4 aromatic heterocycles. The van der Waals surface area contributed by atoms with Gasteiger partial charge in [-0.2, -0.15) is 39.5 Å². The average molecular weight is 767 g/mol. The second-order valence-electron chi connectivity index (χ2n) is 11.1. The highest BCUT2D eigenvalue weighted by Gasteiger charge is 2.32. The Balaban J connectivity index is 0.000000187. The molecule has 0 spiro atoms. The van der Waals surface area contributed by atoms with Crippen molar-refractivity contribution in [3.63, 3.8) is 0 Å². The van der Waals surface area contributed by atoms with E-state index in [2.05, 4.69) is 19.9 Å². The van der Waals surface area contributed by atoms with Crippen LogP contribution in [0, 0.1) is 13.8 Å². The van der Waals surface area contributed by atoms with E-state index >= 15 is 0 Å². The van der Waals surface area contributed by atoms with Gasteiger partial charge in [0.15, 0.2) is 5.82 Å². The van der Waals surface area contributed by atoms with Crippen LogP contribution in [-0.2, 0) is 18.5 Å². The number of nitrogens with zero attached hydrogens (tertiary/aromatic N) is 4. The van der Waals surface area contributed by atoms with Crippen LogP contribution < -0.4 is 0 Å². The summed E-state index contributed by atoms with van der Waals surface area (Å²) in [6.45, 7) is 3.73. The molecule has 0 saturated heterocycles. The van der Waals surface area contributed by atoms with Crippen LogP contribution in [-0.4, -0.2) is 19.9 Å². The van der Waals surface area contributed by atoms with Crippen molar-refractivity contribution < 1.29 is 39.5 Å². The first-order chi connectivity index (χ1) is 23.9. The third-order valence-corrected chi connectivity index (χ3v) is 9.46. The first-order valence-electron chi connectivity index (χ1n) is 14.6. The molecule has 0 aliphatic rings. The number of rotatable bonds is 3. The third kappa shape index (κ3) is 8.00. The molecule has 262 valence electrons. The van der Waals surface area contributed by atoms with E-state index in [-0.39, 0.29) is 16.7 Å². The maximum atomic E-state index is 13.2. The molecule has 0 radical (unpaired) electrons. The number of halogens is 10. The van der Waals surface area contributed by atoms with Crippen LogP contribution in [0.15, 0.2) is 84.9 Å². The van der Waals surface area contributed by atoms with E-state index in [0.717, 1.165) is 46.2 Å². The standard InChI is InChI=1S/C21H12F6N2S.C14H8ClF3N2S/c1-11-9-16-17(13-3-2-4-15(10-13)21(25,26)27)28-18(29-19(16)30-11)12-5-7-14(8-6-12)20(22,23)24;1-7-5-10-11(19-13(15)20-12(10)21-7)8-3-2-4-9(6-8)14(16,17)18/h2-10H,1H3;2-6H,1H3. The minimum absolute atomic E-state index is 0.0248. The van der Waals surface area contributed by atoms with Crippen molar-refractivity contribution >= 4 is 54.7 Å². The van der Waals surface area contributed by atoms with Crippen molar-refractivity contribution in [1.82, 2.24) is 19.9 Å². The lowest BCUT2D eigenvalue weighted by Crippen LogP contribution is -2.05. The van der Waals surface area contributed by atoms with Gasteiger partial charge in [0.1, 0.15) is 9.66 Å². The lowest BCUT2D eigenvalue weighted by atomic mass is 10.0. The number of alkyl halides is 9. The summed E-state index contributed by atoms with van der Waals surface area (Å²) in [7, 11) is 0. The summed E-state index contributed by atoms with van der Waals surface area (Å²) in [5, 5.41) is 1.32. The molecule has 0 fully saturated rings. The number of hydrogen-bond acceptors (Lipinski definition) is 6. The molecule has 3 aromatic carbocycles. The van der Waals surface area contributed by atoms with Gasteiger partial charge in [-0.1, -0.05) is 36.4 Å². The number of aromatic nitrogens is 4. The summed E-state index contributed by atoms with van der Waals surface area (Å²) >= 11 is 8.64. The molecule has 0 aliphatic carbocycles. The zero-order valence-corrected chi connectivity index (χ0v) is 28.4. The molecule has 7 aromatic rings. The molecular weight excluding hydrogens is 747 g/mol. The molecule has 0 aliphatic heterocycles. The molecule has 4 nitrogen and oxygen atoms in total. The minimum Gasteiger partial charge on any atom is -0.227 e. The first kappa shape index (κ1) is 36.2. The predicted octanol–water partition coefficient (Wildman–Crippen LogP) is 12.7. The van der Waals surface area contributed by atoms with Crippen LogP contribution in [0.4, 0.5) is 39.5 Å². The van der Waals surface area contributed by atoms with E-state index in [1.807, 2.05) is 19.9 Å². The Bertz CT molecular complexity index is 2380. The summed E-state index contributed by atoms with van der Waals surface area (Å²) < 4.78 is 116. The second-order valence-corrected chi connectivity index (χ2v) is 13.9. The minimum atomic E-state index is -4.51. The van der Waals surface area contributed by atoms with Crippen molar-refractivity contribution in [2.75, 3.05) is 0 Å². The van der Waals surface area contributed by atoms with Gasteiger partial charge in [0, 0.05) is 37.2 Å². The van der Waals surface area contributed by atoms with E-state index in [9.17, 15) is 39.5 Å². The SMILES string of the molecule is Cc1cc2c(-c3cccc(C(F)(F)F)c3)nc(-c3ccc(C(F)(F)F)cc3)nc2s1.Cc1cc2c(-c3cccc(C(F)(F)F)c3)nc(Cl)nc2s1. The van der Waals surface area contributed by atoms with Gasteiger partial charge in [-0.3, -0.25) is 0 Å². The smallest absolute Gasteiger partial charge is 0.227 e. The molecule has 0 unspecified atom stereocenters. The zero-order valence-electron chi connectivity index (χ0n) is 26.0. The maximum absolute atomic E-state index is 13.2. The van der Waals surface area contributed by atoms with E-state index < -0.39 is 35.2 Å².